The Morgan fingerprint density at radius 1 is 0.263 bits per heavy atom. The molecule has 8 aromatic carbocycles. The van der Waals surface area contributed by atoms with Crippen molar-refractivity contribution < 1.29 is 0 Å². The molecule has 346 valence electrons. The summed E-state index contributed by atoms with van der Waals surface area (Å²) in [5, 5.41) is 2.33. The van der Waals surface area contributed by atoms with Gasteiger partial charge in [-0.25, -0.2) is 29.9 Å². The second-order valence-electron chi connectivity index (χ2n) is 21.1. The quantitative estimate of drug-likeness (QED) is 0.141. The predicted octanol–water partition coefficient (Wildman–Crippen LogP) is -13.3. The van der Waals surface area contributed by atoms with Crippen molar-refractivity contribution >= 4 is 221 Å². The molecule has 0 saturated carbocycles. The zero-order chi connectivity index (χ0) is 53.6. The molecule has 0 spiro atoms. The van der Waals surface area contributed by atoms with E-state index in [2.05, 4.69) is 225 Å². The predicted molar refractivity (Wildman–Crippen MR) is 368 cm³/mol. The smallest absolute Gasteiger partial charge is 0.166 e. The van der Waals surface area contributed by atoms with E-state index in [0.29, 0.717) is 34.9 Å². The Hall–Kier alpha value is -7.45. The summed E-state index contributed by atoms with van der Waals surface area (Å²) in [6.45, 7) is 0. The van der Waals surface area contributed by atoms with Crippen molar-refractivity contribution in [1.82, 2.24) is 34.5 Å². The Balaban J connectivity index is 1.28. The van der Waals surface area contributed by atoms with Gasteiger partial charge in [-0.05, 0) is 41.5 Å². The van der Waals surface area contributed by atoms with E-state index < -0.39 is 0 Å². The van der Waals surface area contributed by atoms with E-state index in [1.165, 1.54) is 71.0 Å². The summed E-state index contributed by atoms with van der Waals surface area (Å²) < 4.78 is 2.39. The van der Waals surface area contributed by atoms with Crippen molar-refractivity contribution in [2.24, 2.45) is 0 Å². The lowest BCUT2D eigenvalue weighted by Gasteiger charge is -2.22. The molecular formula is C54H50B15N7. The molecule has 0 radical (unpaired) electrons. The van der Waals surface area contributed by atoms with Crippen LogP contribution in [0.15, 0.2) is 121 Å². The second-order valence-corrected chi connectivity index (χ2v) is 21.1. The monoisotopic (exact) mass is 962 g/mol. The minimum atomic E-state index is 0.556. The number of fused-ring (bicyclic) bond motifs is 3. The molecule has 0 aliphatic rings. The zero-order valence-electron chi connectivity index (χ0n) is 46.7. The summed E-state index contributed by atoms with van der Waals surface area (Å²) in [6, 6.07) is 42.9. The molecule has 11 aromatic rings. The Labute approximate surface area is 459 Å². The summed E-state index contributed by atoms with van der Waals surface area (Å²) >= 11 is 0. The molecule has 0 saturated heterocycles. The van der Waals surface area contributed by atoms with Crippen LogP contribution in [0.1, 0.15) is 0 Å². The van der Waals surface area contributed by atoms with Crippen LogP contribution in [0, 0.1) is 0 Å². The summed E-state index contributed by atoms with van der Waals surface area (Å²) in [6.07, 6.45) is 0. The molecule has 7 nitrogen and oxygen atoms in total. The largest absolute Gasteiger partial charge is 0.308 e. The number of hydrogen-bond acceptors (Lipinski definition) is 6. The molecular weight excluding hydrogens is 909 g/mol. The minimum Gasteiger partial charge on any atom is -0.308 e. The maximum Gasteiger partial charge on any atom is 0.166 e. The minimum absolute atomic E-state index is 0.556. The molecule has 76 heavy (non-hydrogen) atoms. The fourth-order valence-corrected chi connectivity index (χ4v) is 11.7. The molecule has 0 amide bonds. The van der Waals surface area contributed by atoms with Gasteiger partial charge in [0.25, 0.3) is 0 Å². The Morgan fingerprint density at radius 3 is 1.12 bits per heavy atom. The molecule has 0 bridgehead atoms. The van der Waals surface area contributed by atoms with Crippen molar-refractivity contribution in [1.29, 1.82) is 0 Å². The van der Waals surface area contributed by atoms with E-state index in [9.17, 15) is 0 Å². The van der Waals surface area contributed by atoms with Gasteiger partial charge in [0.1, 0.15) is 118 Å². The average Bonchev–Trinajstić information content (AvgIpc) is 3.79. The summed E-state index contributed by atoms with van der Waals surface area (Å²) in [5.74, 6) is 3.65. The Bertz CT molecular complexity index is 4080. The molecule has 11 rings (SSSR count). The van der Waals surface area contributed by atoms with Crippen LogP contribution in [0.2, 0.25) is 0 Å². The maximum absolute atomic E-state index is 5.68. The first kappa shape index (κ1) is 50.7. The van der Waals surface area contributed by atoms with Crippen molar-refractivity contribution in [3.63, 3.8) is 0 Å². The number of nitrogens with zero attached hydrogens (tertiary/aromatic N) is 7. The molecule has 0 aliphatic heterocycles. The number of aromatic nitrogens is 7. The lowest BCUT2D eigenvalue weighted by atomic mass is 9.60. The van der Waals surface area contributed by atoms with E-state index in [-0.39, 0.29) is 0 Å². The van der Waals surface area contributed by atoms with Crippen molar-refractivity contribution in [3.05, 3.63) is 121 Å². The highest BCUT2D eigenvalue weighted by Gasteiger charge is 2.26. The van der Waals surface area contributed by atoms with Gasteiger partial charge < -0.3 is 4.57 Å². The highest BCUT2D eigenvalue weighted by Crippen LogP contribution is 2.41. The van der Waals surface area contributed by atoms with E-state index >= 15 is 0 Å². The van der Waals surface area contributed by atoms with Gasteiger partial charge in [0, 0.05) is 44.2 Å². The van der Waals surface area contributed by atoms with Crippen LogP contribution in [-0.4, -0.2) is 152 Å². The van der Waals surface area contributed by atoms with Crippen LogP contribution < -0.4 is 81.9 Å². The third kappa shape index (κ3) is 8.22. The third-order valence-electron chi connectivity index (χ3n) is 17.5. The van der Waals surface area contributed by atoms with Crippen LogP contribution in [0.5, 0.6) is 0 Å². The molecule has 0 fully saturated rings. The summed E-state index contributed by atoms with van der Waals surface area (Å²) in [7, 11) is 33.1. The number of benzene rings is 8. The third-order valence-corrected chi connectivity index (χ3v) is 17.5. The van der Waals surface area contributed by atoms with E-state index in [1.807, 2.05) is 18.2 Å². The van der Waals surface area contributed by atoms with E-state index in [1.54, 1.807) is 0 Å². The van der Waals surface area contributed by atoms with Crippen molar-refractivity contribution in [2.45, 2.75) is 0 Å². The van der Waals surface area contributed by atoms with Crippen molar-refractivity contribution in [3.8, 4) is 85.1 Å². The molecule has 0 N–H and O–H groups in total. The van der Waals surface area contributed by atoms with Gasteiger partial charge >= 0.3 is 0 Å². The second kappa shape index (κ2) is 19.6. The van der Waals surface area contributed by atoms with Crippen LogP contribution in [0.25, 0.3) is 107 Å². The van der Waals surface area contributed by atoms with Crippen molar-refractivity contribution in [2.75, 3.05) is 0 Å². The van der Waals surface area contributed by atoms with E-state index in [4.69, 9.17) is 29.9 Å². The lowest BCUT2D eigenvalue weighted by molar-refractivity contribution is 1.06. The molecule has 0 unspecified atom stereocenters. The SMILES string of the molecule is Bc1c(B)c(B)c(-c2nc(-c3ccccc3)nc(-c3ccc(-n4c5ccccc5c5c(-c6ccccc6)cccc54)c(-c4nc(-c5c(B)c(B)c(B)c(B)c5B)nc(-c5c(B)c(B)c(B)c(B)c5B)n4)c3)n2)c(B)c1B. The first-order valence-electron chi connectivity index (χ1n) is 26.5. The van der Waals surface area contributed by atoms with Gasteiger partial charge in [0.15, 0.2) is 34.9 Å². The molecule has 0 atom stereocenters. The van der Waals surface area contributed by atoms with Gasteiger partial charge in [0.2, 0.25) is 0 Å². The molecule has 3 aromatic heterocycles. The highest BCUT2D eigenvalue weighted by molar-refractivity contribution is 6.71. The van der Waals surface area contributed by atoms with Gasteiger partial charge in [-0.15, -0.1) is 49.2 Å². The lowest BCUT2D eigenvalue weighted by Crippen LogP contribution is -2.55. The molecule has 3 heterocycles. The van der Waals surface area contributed by atoms with Crippen LogP contribution >= 0.6 is 0 Å². The fraction of sp³-hybridized carbons (Fsp3) is 0. The number of rotatable bonds is 8. The zero-order valence-corrected chi connectivity index (χ0v) is 46.7. The van der Waals surface area contributed by atoms with Gasteiger partial charge in [-0.3, -0.25) is 0 Å². The molecule has 0 aliphatic carbocycles. The van der Waals surface area contributed by atoms with Crippen LogP contribution in [0.3, 0.4) is 0 Å². The summed E-state index contributed by atoms with van der Waals surface area (Å²) in [4.78, 5) is 33.0. The number of para-hydroxylation sites is 1. The maximum atomic E-state index is 5.68. The van der Waals surface area contributed by atoms with E-state index in [0.717, 1.165) is 82.9 Å². The fourth-order valence-electron chi connectivity index (χ4n) is 11.7. The topological polar surface area (TPSA) is 82.3 Å². The van der Waals surface area contributed by atoms with Crippen LogP contribution in [-0.2, 0) is 0 Å². The van der Waals surface area contributed by atoms with Gasteiger partial charge in [0.05, 0.1) is 16.7 Å². The first-order chi connectivity index (χ1) is 36.5. The van der Waals surface area contributed by atoms with Crippen LogP contribution in [0.4, 0.5) is 0 Å². The number of hydrogen-bond donors (Lipinski definition) is 0. The average molecular weight is 959 g/mol. The Kier molecular flexibility index (Phi) is 13.1. The molecule has 22 heteroatoms. The van der Waals surface area contributed by atoms with Gasteiger partial charge in [-0.2, -0.15) is 0 Å². The van der Waals surface area contributed by atoms with Gasteiger partial charge in [-0.1, -0.05) is 124 Å². The standard InChI is InChI=1S/C54H50B15N7/c55-34-31(35(56)41(62)46(67)40(34)61)52-71-49(22-12-5-2-6-13-22)70-50(72-52)23-18-19-28(76-27-16-8-7-14-25(27)30-24(15-9-17-29(30)76)21-10-3-1-4-11-21)26(20-23)51-73-53(32-36(57)42(63)47(68)43(64)37(32)58)75-54(74-51)33-38(59)44(65)48(69)45(66)39(33)60/h1-20H,55-69H2. The summed E-state index contributed by atoms with van der Waals surface area (Å²) in [5.41, 5.74) is 29.3. The first-order valence-corrected chi connectivity index (χ1v) is 26.5. The normalized spacial score (nSPS) is 11.4. The Morgan fingerprint density at radius 2 is 0.632 bits per heavy atom. The highest BCUT2D eigenvalue weighted by atomic mass is 15.1.